The predicted molar refractivity (Wildman–Crippen MR) is 261 cm³/mol. The van der Waals surface area contributed by atoms with Crippen LogP contribution in [0, 0.1) is 17.8 Å². The lowest BCUT2D eigenvalue weighted by Crippen LogP contribution is -2.30. The zero-order chi connectivity index (χ0) is 44.9. The van der Waals surface area contributed by atoms with Crippen molar-refractivity contribution in [2.45, 2.75) is 304 Å². The fourth-order valence-corrected chi connectivity index (χ4v) is 8.23. The Balaban J connectivity index is 4.21. The summed E-state index contributed by atoms with van der Waals surface area (Å²) in [5.74, 6) is 1.66. The van der Waals surface area contributed by atoms with Gasteiger partial charge in [0.1, 0.15) is 13.2 Å². The maximum Gasteiger partial charge on any atom is 0.306 e. The normalized spacial score (nSPS) is 13.0. The minimum absolute atomic E-state index is 0.0653. The highest BCUT2D eigenvalue weighted by molar-refractivity contribution is 5.71. The van der Waals surface area contributed by atoms with Gasteiger partial charge in [-0.1, -0.05) is 260 Å². The van der Waals surface area contributed by atoms with Gasteiger partial charge in [-0.05, 0) is 37.0 Å². The predicted octanol–water partition coefficient (Wildman–Crippen LogP) is 17.6. The van der Waals surface area contributed by atoms with Crippen LogP contribution in [0.25, 0.3) is 0 Å². The molecule has 0 heterocycles. The van der Waals surface area contributed by atoms with E-state index in [0.717, 1.165) is 75.5 Å². The van der Waals surface area contributed by atoms with Crippen molar-refractivity contribution in [1.29, 1.82) is 0 Å². The van der Waals surface area contributed by atoms with E-state index < -0.39 is 6.10 Å². The lowest BCUT2D eigenvalue weighted by molar-refractivity contribution is -0.167. The zero-order valence-electron chi connectivity index (χ0n) is 42.0. The monoisotopic (exact) mass is 863 g/mol. The van der Waals surface area contributed by atoms with Gasteiger partial charge in [0, 0.05) is 19.3 Å². The molecule has 362 valence electrons. The molecule has 0 aromatic heterocycles. The Morgan fingerprint density at radius 2 is 0.574 bits per heavy atom. The number of hydrogen-bond acceptors (Lipinski definition) is 6. The van der Waals surface area contributed by atoms with Gasteiger partial charge in [0.05, 0.1) is 0 Å². The van der Waals surface area contributed by atoms with Crippen LogP contribution in [0.15, 0.2) is 0 Å². The van der Waals surface area contributed by atoms with Crippen molar-refractivity contribution in [2.24, 2.45) is 17.8 Å². The summed E-state index contributed by atoms with van der Waals surface area (Å²) in [7, 11) is 0. The Morgan fingerprint density at radius 1 is 0.328 bits per heavy atom. The van der Waals surface area contributed by atoms with Gasteiger partial charge in [0.25, 0.3) is 0 Å². The molecule has 0 amide bonds. The van der Waals surface area contributed by atoms with Gasteiger partial charge in [-0.3, -0.25) is 14.4 Å². The highest BCUT2D eigenvalue weighted by Gasteiger charge is 2.19. The fourth-order valence-electron chi connectivity index (χ4n) is 8.23. The van der Waals surface area contributed by atoms with E-state index in [2.05, 4.69) is 41.5 Å². The van der Waals surface area contributed by atoms with Gasteiger partial charge in [-0.2, -0.15) is 0 Å². The Morgan fingerprint density at radius 3 is 0.852 bits per heavy atom. The van der Waals surface area contributed by atoms with Crippen LogP contribution in [-0.2, 0) is 28.6 Å². The topological polar surface area (TPSA) is 78.9 Å². The standard InChI is InChI=1S/C55H106O6/c1-7-50(5)42-36-30-24-21-22-26-34-40-46-55(58)61-52(48-60-54(57)45-39-33-28-27-31-37-43-51(6)8-2)47-59-53(56)44-38-32-25-20-18-16-14-12-10-9-11-13-15-17-19-23-29-35-41-49(3)4/h49-52H,7-48H2,1-6H3/t50?,51?,52-/m0/s1. The second kappa shape index (κ2) is 46.4. The van der Waals surface area contributed by atoms with Crippen LogP contribution in [0.5, 0.6) is 0 Å². The van der Waals surface area contributed by atoms with Crippen molar-refractivity contribution in [2.75, 3.05) is 13.2 Å². The Hall–Kier alpha value is -1.59. The summed E-state index contributed by atoms with van der Waals surface area (Å²) in [5.41, 5.74) is 0. The highest BCUT2D eigenvalue weighted by Crippen LogP contribution is 2.19. The van der Waals surface area contributed by atoms with Crippen molar-refractivity contribution in [1.82, 2.24) is 0 Å². The van der Waals surface area contributed by atoms with Crippen LogP contribution in [0.2, 0.25) is 0 Å². The summed E-state index contributed by atoms with van der Waals surface area (Å²) in [4.78, 5) is 37.9. The van der Waals surface area contributed by atoms with E-state index in [4.69, 9.17) is 14.2 Å². The Bertz CT molecular complexity index is 949. The average Bonchev–Trinajstić information content (AvgIpc) is 3.24. The largest absolute Gasteiger partial charge is 0.462 e. The highest BCUT2D eigenvalue weighted by atomic mass is 16.6. The molecular weight excluding hydrogens is 757 g/mol. The number of unbranched alkanes of at least 4 members (excludes halogenated alkanes) is 29. The summed E-state index contributed by atoms with van der Waals surface area (Å²) < 4.78 is 16.8. The Kier molecular flexibility index (Phi) is 45.2. The number of hydrogen-bond donors (Lipinski definition) is 0. The molecule has 3 atom stereocenters. The van der Waals surface area contributed by atoms with Crippen LogP contribution in [0.4, 0.5) is 0 Å². The molecule has 0 saturated carbocycles. The lowest BCUT2D eigenvalue weighted by atomic mass is 9.99. The molecule has 0 aliphatic rings. The molecule has 61 heavy (non-hydrogen) atoms. The molecule has 0 radical (unpaired) electrons. The third-order valence-corrected chi connectivity index (χ3v) is 13.1. The van der Waals surface area contributed by atoms with Crippen molar-refractivity contribution in [3.05, 3.63) is 0 Å². The smallest absolute Gasteiger partial charge is 0.306 e. The fraction of sp³-hybridized carbons (Fsp3) is 0.945. The first-order chi connectivity index (χ1) is 29.7. The summed E-state index contributed by atoms with van der Waals surface area (Å²) in [5, 5.41) is 0. The number of esters is 3. The van der Waals surface area contributed by atoms with Crippen LogP contribution >= 0.6 is 0 Å². The molecule has 0 fully saturated rings. The number of carbonyl (C=O) groups excluding carboxylic acids is 3. The molecule has 0 bridgehead atoms. The average molecular weight is 863 g/mol. The van der Waals surface area contributed by atoms with E-state index in [1.807, 2.05) is 0 Å². The molecule has 6 nitrogen and oxygen atoms in total. The first-order valence-electron chi connectivity index (χ1n) is 27.2. The third-order valence-electron chi connectivity index (χ3n) is 13.1. The van der Waals surface area contributed by atoms with Gasteiger partial charge in [-0.25, -0.2) is 0 Å². The van der Waals surface area contributed by atoms with Gasteiger partial charge in [-0.15, -0.1) is 0 Å². The molecule has 0 aromatic carbocycles. The number of ether oxygens (including phenoxy) is 3. The van der Waals surface area contributed by atoms with Crippen LogP contribution in [0.1, 0.15) is 298 Å². The quantitative estimate of drug-likeness (QED) is 0.0344. The maximum atomic E-state index is 12.8. The van der Waals surface area contributed by atoms with Crippen molar-refractivity contribution in [3.63, 3.8) is 0 Å². The van der Waals surface area contributed by atoms with Crippen molar-refractivity contribution >= 4 is 17.9 Å². The minimum Gasteiger partial charge on any atom is -0.462 e. The van der Waals surface area contributed by atoms with Crippen molar-refractivity contribution < 1.29 is 28.6 Å². The Labute approximate surface area is 380 Å². The van der Waals surface area contributed by atoms with E-state index in [0.29, 0.717) is 19.3 Å². The van der Waals surface area contributed by atoms with Crippen molar-refractivity contribution in [3.8, 4) is 0 Å². The molecule has 0 aromatic rings. The molecular formula is C55H106O6. The molecule has 2 unspecified atom stereocenters. The van der Waals surface area contributed by atoms with Crippen LogP contribution in [-0.4, -0.2) is 37.2 Å². The molecule has 0 saturated heterocycles. The second-order valence-electron chi connectivity index (χ2n) is 19.8. The van der Waals surface area contributed by atoms with Gasteiger partial charge in [0.15, 0.2) is 6.10 Å². The SMILES string of the molecule is CCC(C)CCCCCCCCCCC(=O)O[C@@H](COC(=O)CCCCCCCCCCCCCCCCCCCCC(C)C)COC(=O)CCCCCCCCC(C)CC. The summed E-state index contributed by atoms with van der Waals surface area (Å²) in [6, 6.07) is 0. The van der Waals surface area contributed by atoms with E-state index in [1.54, 1.807) is 0 Å². The molecule has 0 spiro atoms. The minimum atomic E-state index is -0.763. The molecule has 6 heteroatoms. The number of carbonyl (C=O) groups is 3. The zero-order valence-corrected chi connectivity index (χ0v) is 42.0. The molecule has 0 rings (SSSR count). The van der Waals surface area contributed by atoms with E-state index >= 15 is 0 Å². The maximum absolute atomic E-state index is 12.8. The van der Waals surface area contributed by atoms with E-state index in [-0.39, 0.29) is 31.1 Å². The van der Waals surface area contributed by atoms with E-state index in [1.165, 1.54) is 180 Å². The molecule has 0 aliphatic carbocycles. The molecule has 0 N–H and O–H groups in total. The summed E-state index contributed by atoms with van der Waals surface area (Å²) in [6.07, 6.45) is 46.7. The van der Waals surface area contributed by atoms with Crippen LogP contribution < -0.4 is 0 Å². The third kappa shape index (κ3) is 46.2. The summed E-state index contributed by atoms with van der Waals surface area (Å²) >= 11 is 0. The molecule has 0 aliphatic heterocycles. The van der Waals surface area contributed by atoms with Gasteiger partial charge < -0.3 is 14.2 Å². The lowest BCUT2D eigenvalue weighted by Gasteiger charge is -2.18. The first kappa shape index (κ1) is 59.4. The van der Waals surface area contributed by atoms with Gasteiger partial charge in [0.2, 0.25) is 0 Å². The first-order valence-corrected chi connectivity index (χ1v) is 27.2. The van der Waals surface area contributed by atoms with Gasteiger partial charge >= 0.3 is 17.9 Å². The number of rotatable bonds is 48. The second-order valence-corrected chi connectivity index (χ2v) is 19.8. The van der Waals surface area contributed by atoms with E-state index in [9.17, 15) is 14.4 Å². The summed E-state index contributed by atoms with van der Waals surface area (Å²) in [6.45, 7) is 13.7. The van der Waals surface area contributed by atoms with Crippen LogP contribution in [0.3, 0.4) is 0 Å².